The van der Waals surface area contributed by atoms with Crippen LogP contribution < -0.4 is 5.32 Å². The van der Waals surface area contributed by atoms with Crippen LogP contribution in [0.3, 0.4) is 0 Å². The minimum absolute atomic E-state index is 0.00484. The Kier molecular flexibility index (Phi) is 5.13. The average molecular weight is 313 g/mol. The number of amides is 1. The lowest BCUT2D eigenvalue weighted by Crippen LogP contribution is -2.22. The van der Waals surface area contributed by atoms with Gasteiger partial charge in [-0.25, -0.2) is 4.98 Å². The number of carbonyl (C=O) groups is 1. The van der Waals surface area contributed by atoms with Crippen LogP contribution in [-0.4, -0.2) is 23.6 Å². The maximum atomic E-state index is 11.7. The topological polar surface area (TPSA) is 51.2 Å². The molecule has 0 bridgehead atoms. The number of aromatic nitrogens is 1. The normalized spacial score (nSPS) is 19.5. The number of pyridine rings is 1. The van der Waals surface area contributed by atoms with Gasteiger partial charge in [0.2, 0.25) is 5.91 Å². The monoisotopic (exact) mass is 312 g/mol. The Hall–Kier alpha value is -0.940. The first-order valence-electron chi connectivity index (χ1n) is 6.27. The molecule has 0 aliphatic carbocycles. The largest absolute Gasteiger partial charge is 0.378 e. The molecular formula is C13H17BrN2O2. The molecule has 2 rings (SSSR count). The highest BCUT2D eigenvalue weighted by Crippen LogP contribution is 2.18. The Morgan fingerprint density at radius 2 is 2.44 bits per heavy atom. The molecule has 1 aliphatic rings. The third-order valence-corrected chi connectivity index (χ3v) is 3.45. The number of hydrogen-bond donors (Lipinski definition) is 1. The van der Waals surface area contributed by atoms with Gasteiger partial charge < -0.3 is 10.1 Å². The van der Waals surface area contributed by atoms with Crippen molar-refractivity contribution >= 4 is 27.7 Å². The molecule has 1 aromatic rings. The first-order chi connectivity index (χ1) is 8.74. The summed E-state index contributed by atoms with van der Waals surface area (Å²) in [5.74, 6) is 0.578. The first-order valence-corrected chi connectivity index (χ1v) is 7.06. The predicted molar refractivity (Wildman–Crippen MR) is 73.4 cm³/mol. The second-order valence-corrected chi connectivity index (χ2v) is 5.35. The molecule has 1 N–H and O–H groups in total. The summed E-state index contributed by atoms with van der Waals surface area (Å²) < 4.78 is 6.50. The van der Waals surface area contributed by atoms with Crippen LogP contribution in [0.4, 0.5) is 5.82 Å². The zero-order chi connectivity index (χ0) is 12.8. The summed E-state index contributed by atoms with van der Waals surface area (Å²) in [4.78, 5) is 15.8. The first kappa shape index (κ1) is 13.5. The molecule has 0 spiro atoms. The van der Waals surface area contributed by atoms with E-state index in [1.165, 1.54) is 6.42 Å². The van der Waals surface area contributed by atoms with Crippen LogP contribution in [-0.2, 0) is 9.53 Å². The van der Waals surface area contributed by atoms with Gasteiger partial charge in [-0.3, -0.25) is 4.79 Å². The van der Waals surface area contributed by atoms with Crippen molar-refractivity contribution in [1.29, 1.82) is 0 Å². The molecule has 0 aromatic carbocycles. The van der Waals surface area contributed by atoms with Crippen molar-refractivity contribution < 1.29 is 9.53 Å². The van der Waals surface area contributed by atoms with Crippen molar-refractivity contribution in [1.82, 2.24) is 4.98 Å². The van der Waals surface area contributed by atoms with Crippen molar-refractivity contribution in [2.24, 2.45) is 0 Å². The maximum absolute atomic E-state index is 11.7. The lowest BCUT2D eigenvalue weighted by molar-refractivity contribution is -0.117. The van der Waals surface area contributed by atoms with Crippen molar-refractivity contribution in [3.8, 4) is 0 Å². The Labute approximate surface area is 115 Å². The minimum atomic E-state index is -0.00484. The van der Waals surface area contributed by atoms with E-state index in [1.807, 2.05) is 6.07 Å². The highest BCUT2D eigenvalue weighted by Gasteiger charge is 2.15. The van der Waals surface area contributed by atoms with Crippen LogP contribution in [0.5, 0.6) is 0 Å². The van der Waals surface area contributed by atoms with Crippen molar-refractivity contribution in [2.45, 2.75) is 38.2 Å². The van der Waals surface area contributed by atoms with Gasteiger partial charge in [0, 0.05) is 23.7 Å². The van der Waals surface area contributed by atoms with Gasteiger partial charge in [-0.05, 0) is 37.8 Å². The summed E-state index contributed by atoms with van der Waals surface area (Å²) in [6, 6.07) is 3.61. The zero-order valence-electron chi connectivity index (χ0n) is 10.2. The van der Waals surface area contributed by atoms with E-state index in [-0.39, 0.29) is 12.0 Å². The second-order valence-electron chi connectivity index (χ2n) is 4.43. The third-order valence-electron chi connectivity index (χ3n) is 2.96. The molecule has 1 unspecified atom stereocenters. The molecule has 1 aromatic heterocycles. The summed E-state index contributed by atoms with van der Waals surface area (Å²) in [5.41, 5.74) is 0. The summed E-state index contributed by atoms with van der Waals surface area (Å²) >= 11 is 3.34. The van der Waals surface area contributed by atoms with Crippen LogP contribution in [0.1, 0.15) is 32.1 Å². The van der Waals surface area contributed by atoms with Gasteiger partial charge in [0.25, 0.3) is 0 Å². The zero-order valence-corrected chi connectivity index (χ0v) is 11.8. The summed E-state index contributed by atoms with van der Waals surface area (Å²) in [5, 5.41) is 2.79. The molecule has 4 nitrogen and oxygen atoms in total. The Balaban J connectivity index is 1.74. The van der Waals surface area contributed by atoms with Crippen LogP contribution in [0.25, 0.3) is 0 Å². The van der Waals surface area contributed by atoms with Crippen molar-refractivity contribution in [3.63, 3.8) is 0 Å². The number of nitrogens with one attached hydrogen (secondary N) is 1. The number of anilines is 1. The fourth-order valence-corrected chi connectivity index (χ4v) is 2.34. The van der Waals surface area contributed by atoms with Gasteiger partial charge in [0.05, 0.1) is 6.10 Å². The third kappa shape index (κ3) is 4.38. The minimum Gasteiger partial charge on any atom is -0.378 e. The van der Waals surface area contributed by atoms with Gasteiger partial charge in [-0.1, -0.05) is 15.9 Å². The lowest BCUT2D eigenvalue weighted by Gasteiger charge is -2.22. The number of carbonyl (C=O) groups excluding carboxylic acids is 1. The summed E-state index contributed by atoms with van der Waals surface area (Å²) in [7, 11) is 0. The van der Waals surface area contributed by atoms with E-state index in [2.05, 4.69) is 26.2 Å². The highest BCUT2D eigenvalue weighted by molar-refractivity contribution is 9.10. The fraction of sp³-hybridized carbons (Fsp3) is 0.538. The van der Waals surface area contributed by atoms with Crippen LogP contribution >= 0.6 is 15.9 Å². The van der Waals surface area contributed by atoms with Crippen molar-refractivity contribution in [2.75, 3.05) is 11.9 Å². The van der Waals surface area contributed by atoms with E-state index in [1.54, 1.807) is 12.3 Å². The molecule has 1 amide bonds. The van der Waals surface area contributed by atoms with Crippen LogP contribution in [0.2, 0.25) is 0 Å². The summed E-state index contributed by atoms with van der Waals surface area (Å²) in [6.45, 7) is 0.833. The molecule has 1 saturated heterocycles. The molecule has 18 heavy (non-hydrogen) atoms. The molecule has 98 valence electrons. The van der Waals surface area contributed by atoms with Gasteiger partial charge in [0.1, 0.15) is 5.82 Å². The molecule has 0 radical (unpaired) electrons. The van der Waals surface area contributed by atoms with E-state index in [0.29, 0.717) is 12.2 Å². The Morgan fingerprint density at radius 3 is 3.17 bits per heavy atom. The number of halogens is 1. The van der Waals surface area contributed by atoms with Crippen LogP contribution in [0, 0.1) is 0 Å². The van der Waals surface area contributed by atoms with Gasteiger partial charge in [-0.2, -0.15) is 0 Å². The molecule has 0 saturated carbocycles. The molecule has 1 fully saturated rings. The lowest BCUT2D eigenvalue weighted by atomic mass is 10.0. The highest BCUT2D eigenvalue weighted by atomic mass is 79.9. The van der Waals surface area contributed by atoms with E-state index in [9.17, 15) is 4.79 Å². The quantitative estimate of drug-likeness (QED) is 0.929. The average Bonchev–Trinajstić information content (AvgIpc) is 2.38. The standard InChI is InChI=1S/C13H17BrN2O2/c14-10-6-7-15-12(9-10)16-13(17)5-4-11-3-1-2-8-18-11/h6-7,9,11H,1-5,8H2,(H,15,16,17). The maximum Gasteiger partial charge on any atom is 0.225 e. The van der Waals surface area contributed by atoms with E-state index in [0.717, 1.165) is 30.3 Å². The van der Waals surface area contributed by atoms with Gasteiger partial charge in [0.15, 0.2) is 0 Å². The van der Waals surface area contributed by atoms with E-state index >= 15 is 0 Å². The van der Waals surface area contributed by atoms with Crippen LogP contribution in [0.15, 0.2) is 22.8 Å². The fourth-order valence-electron chi connectivity index (χ4n) is 2.01. The van der Waals surface area contributed by atoms with Gasteiger partial charge >= 0.3 is 0 Å². The number of ether oxygens (including phenoxy) is 1. The molecule has 1 atom stereocenters. The predicted octanol–water partition coefficient (Wildman–Crippen LogP) is 3.13. The summed E-state index contributed by atoms with van der Waals surface area (Å²) in [6.07, 6.45) is 6.61. The smallest absolute Gasteiger partial charge is 0.225 e. The van der Waals surface area contributed by atoms with Gasteiger partial charge in [-0.15, -0.1) is 0 Å². The number of rotatable bonds is 4. The second kappa shape index (κ2) is 6.85. The SMILES string of the molecule is O=C(CCC1CCCCO1)Nc1cc(Br)ccn1. The molecule has 2 heterocycles. The number of nitrogens with zero attached hydrogens (tertiary/aromatic N) is 1. The Bertz CT molecular complexity index is 406. The molecule has 1 aliphatic heterocycles. The van der Waals surface area contributed by atoms with E-state index in [4.69, 9.17) is 4.74 Å². The molecular weight excluding hydrogens is 296 g/mol. The van der Waals surface area contributed by atoms with E-state index < -0.39 is 0 Å². The Morgan fingerprint density at radius 1 is 1.56 bits per heavy atom. The molecule has 5 heteroatoms. The van der Waals surface area contributed by atoms with Crippen molar-refractivity contribution in [3.05, 3.63) is 22.8 Å². The number of hydrogen-bond acceptors (Lipinski definition) is 3.